The summed E-state index contributed by atoms with van der Waals surface area (Å²) in [5, 5.41) is 14.1. The zero-order valence-electron chi connectivity index (χ0n) is 10.2. The second-order valence-corrected chi connectivity index (χ2v) is 4.18. The highest BCUT2D eigenvalue weighted by Gasteiger charge is 2.21. The van der Waals surface area contributed by atoms with Crippen molar-refractivity contribution >= 4 is 11.5 Å². The molecule has 18 heavy (non-hydrogen) atoms. The summed E-state index contributed by atoms with van der Waals surface area (Å²) in [5.41, 5.74) is 0.511. The zero-order chi connectivity index (χ0) is 13.0. The van der Waals surface area contributed by atoms with Crippen molar-refractivity contribution in [1.82, 2.24) is 10.3 Å². The van der Waals surface area contributed by atoms with Crippen LogP contribution in [0.4, 0.5) is 11.5 Å². The number of nitro groups is 1. The van der Waals surface area contributed by atoms with E-state index in [0.29, 0.717) is 18.8 Å². The smallest absolute Gasteiger partial charge is 0.374 e. The van der Waals surface area contributed by atoms with Gasteiger partial charge in [-0.1, -0.05) is 0 Å². The molecule has 7 nitrogen and oxygen atoms in total. The third-order valence-electron chi connectivity index (χ3n) is 2.83. The molecule has 1 aromatic heterocycles. The van der Waals surface area contributed by atoms with Crippen molar-refractivity contribution in [2.24, 2.45) is 0 Å². The Morgan fingerprint density at radius 1 is 1.72 bits per heavy atom. The van der Waals surface area contributed by atoms with Gasteiger partial charge in [-0.15, -0.1) is 0 Å². The van der Waals surface area contributed by atoms with Crippen LogP contribution in [-0.2, 0) is 4.74 Å². The summed E-state index contributed by atoms with van der Waals surface area (Å²) in [6.07, 6.45) is 1.47. The number of pyridine rings is 1. The highest BCUT2D eigenvalue weighted by atomic mass is 16.6. The molecule has 0 radical (unpaired) electrons. The number of ether oxygens (including phenoxy) is 1. The highest BCUT2D eigenvalue weighted by molar-refractivity contribution is 5.58. The minimum Gasteiger partial charge on any atom is -0.374 e. The Labute approximate surface area is 105 Å². The topological polar surface area (TPSA) is 80.5 Å². The molecule has 0 spiro atoms. The Balaban J connectivity index is 2.08. The molecule has 1 unspecified atom stereocenters. The molecule has 1 N–H and O–H groups in total. The molecule has 2 rings (SSSR count). The van der Waals surface area contributed by atoms with Gasteiger partial charge in [-0.25, -0.2) is 0 Å². The number of aromatic nitrogens is 1. The van der Waals surface area contributed by atoms with Gasteiger partial charge in [-0.2, -0.15) is 0 Å². The van der Waals surface area contributed by atoms with Gasteiger partial charge in [0.25, 0.3) is 0 Å². The molecule has 0 aromatic carbocycles. The summed E-state index contributed by atoms with van der Waals surface area (Å²) in [5.74, 6) is -0.122. The van der Waals surface area contributed by atoms with Gasteiger partial charge in [0.15, 0.2) is 0 Å². The van der Waals surface area contributed by atoms with Crippen LogP contribution in [0.25, 0.3) is 0 Å². The Morgan fingerprint density at radius 2 is 2.56 bits per heavy atom. The van der Waals surface area contributed by atoms with Crippen LogP contribution in [0.3, 0.4) is 0 Å². The summed E-state index contributed by atoms with van der Waals surface area (Å²) >= 11 is 0. The zero-order valence-corrected chi connectivity index (χ0v) is 10.2. The van der Waals surface area contributed by atoms with Crippen LogP contribution >= 0.6 is 0 Å². The number of rotatable bonds is 4. The molecule has 1 aliphatic heterocycles. The van der Waals surface area contributed by atoms with E-state index in [9.17, 15) is 10.1 Å². The molecule has 1 atom stereocenters. The molecule has 0 amide bonds. The molecule has 0 bridgehead atoms. The Bertz CT molecular complexity index is 421. The lowest BCUT2D eigenvalue weighted by molar-refractivity contribution is -0.388. The third-order valence-corrected chi connectivity index (χ3v) is 2.83. The predicted octanol–water partition coefficient (Wildman–Crippen LogP) is 0.414. The minimum atomic E-state index is -0.466. The molecule has 98 valence electrons. The van der Waals surface area contributed by atoms with Gasteiger partial charge in [0.2, 0.25) is 0 Å². The lowest BCUT2D eigenvalue weighted by Gasteiger charge is -2.28. The molecule has 1 aromatic rings. The average molecular weight is 252 g/mol. The van der Waals surface area contributed by atoms with E-state index in [-0.39, 0.29) is 11.9 Å². The first-order chi connectivity index (χ1) is 8.68. The Kier molecular flexibility index (Phi) is 4.06. The standard InChI is InChI=1S/C11H16N4O3/c1-14(8-9-7-12-5-6-18-9)10-3-2-4-13-11(10)15(16)17/h2-4,9,12H,5-8H2,1H3. The molecular formula is C11H16N4O3. The van der Waals surface area contributed by atoms with E-state index >= 15 is 0 Å². The van der Waals surface area contributed by atoms with E-state index < -0.39 is 4.92 Å². The monoisotopic (exact) mass is 252 g/mol. The van der Waals surface area contributed by atoms with Gasteiger partial charge in [0.1, 0.15) is 11.9 Å². The van der Waals surface area contributed by atoms with E-state index in [0.717, 1.165) is 13.1 Å². The first kappa shape index (κ1) is 12.7. The number of hydrogen-bond acceptors (Lipinski definition) is 6. The summed E-state index contributed by atoms with van der Waals surface area (Å²) in [7, 11) is 1.81. The van der Waals surface area contributed by atoms with Gasteiger partial charge in [0.05, 0.1) is 12.7 Å². The number of nitrogens with zero attached hydrogens (tertiary/aromatic N) is 3. The fraction of sp³-hybridized carbons (Fsp3) is 0.545. The van der Waals surface area contributed by atoms with E-state index in [1.807, 2.05) is 11.9 Å². The van der Waals surface area contributed by atoms with Gasteiger partial charge in [-0.3, -0.25) is 0 Å². The predicted molar refractivity (Wildman–Crippen MR) is 66.8 cm³/mol. The first-order valence-electron chi connectivity index (χ1n) is 5.81. The van der Waals surface area contributed by atoms with E-state index in [1.165, 1.54) is 6.20 Å². The van der Waals surface area contributed by atoms with Crippen LogP contribution < -0.4 is 10.2 Å². The highest BCUT2D eigenvalue weighted by Crippen LogP contribution is 2.24. The Morgan fingerprint density at radius 3 is 3.22 bits per heavy atom. The van der Waals surface area contributed by atoms with Crippen molar-refractivity contribution in [2.75, 3.05) is 38.2 Å². The number of morpholine rings is 1. The van der Waals surface area contributed by atoms with Crippen molar-refractivity contribution in [2.45, 2.75) is 6.10 Å². The van der Waals surface area contributed by atoms with Crippen molar-refractivity contribution in [1.29, 1.82) is 0 Å². The lowest BCUT2D eigenvalue weighted by Crippen LogP contribution is -2.44. The maximum atomic E-state index is 10.9. The quantitative estimate of drug-likeness (QED) is 0.617. The van der Waals surface area contributed by atoms with Gasteiger partial charge in [-0.05, 0) is 22.0 Å². The minimum absolute atomic E-state index is 0.0450. The maximum Gasteiger partial charge on any atom is 0.387 e. The number of hydrogen-bond donors (Lipinski definition) is 1. The molecule has 1 aliphatic rings. The van der Waals surface area contributed by atoms with Crippen molar-refractivity contribution in [3.63, 3.8) is 0 Å². The van der Waals surface area contributed by atoms with Crippen LogP contribution in [0, 0.1) is 10.1 Å². The second kappa shape index (κ2) is 5.74. The van der Waals surface area contributed by atoms with Crippen LogP contribution in [0.2, 0.25) is 0 Å². The van der Waals surface area contributed by atoms with Crippen molar-refractivity contribution in [3.05, 3.63) is 28.4 Å². The molecule has 1 saturated heterocycles. The number of likely N-dealkylation sites (N-methyl/N-ethyl adjacent to an activating group) is 1. The summed E-state index contributed by atoms with van der Waals surface area (Å²) in [6, 6.07) is 3.39. The lowest BCUT2D eigenvalue weighted by atomic mass is 10.2. The van der Waals surface area contributed by atoms with E-state index in [2.05, 4.69) is 10.3 Å². The van der Waals surface area contributed by atoms with Gasteiger partial charge in [0, 0.05) is 26.7 Å². The summed E-state index contributed by atoms with van der Waals surface area (Å²) in [4.78, 5) is 16.0. The molecule has 0 saturated carbocycles. The van der Waals surface area contributed by atoms with E-state index in [1.54, 1.807) is 12.1 Å². The van der Waals surface area contributed by atoms with Gasteiger partial charge >= 0.3 is 5.82 Å². The maximum absolute atomic E-state index is 10.9. The number of nitrogens with one attached hydrogen (secondary N) is 1. The van der Waals surface area contributed by atoms with Crippen LogP contribution in [0.15, 0.2) is 18.3 Å². The van der Waals surface area contributed by atoms with Crippen LogP contribution in [-0.4, -0.2) is 49.3 Å². The Hall–Kier alpha value is -1.73. The summed E-state index contributed by atoms with van der Waals surface area (Å²) < 4.78 is 5.58. The van der Waals surface area contributed by atoms with Crippen LogP contribution in [0.5, 0.6) is 0 Å². The fourth-order valence-corrected chi connectivity index (χ4v) is 1.97. The molecule has 7 heteroatoms. The van der Waals surface area contributed by atoms with Crippen molar-refractivity contribution < 1.29 is 9.66 Å². The first-order valence-corrected chi connectivity index (χ1v) is 5.81. The summed E-state index contributed by atoms with van der Waals surface area (Å²) in [6.45, 7) is 2.89. The molecule has 1 fully saturated rings. The fourth-order valence-electron chi connectivity index (χ4n) is 1.97. The SMILES string of the molecule is CN(CC1CNCCO1)c1cccnc1[N+](=O)[O-]. The second-order valence-electron chi connectivity index (χ2n) is 4.18. The van der Waals surface area contributed by atoms with Gasteiger partial charge < -0.3 is 25.1 Å². The van der Waals surface area contributed by atoms with Crippen molar-refractivity contribution in [3.8, 4) is 0 Å². The number of anilines is 1. The normalized spacial score (nSPS) is 19.5. The molecular weight excluding hydrogens is 236 g/mol. The largest absolute Gasteiger partial charge is 0.387 e. The average Bonchev–Trinajstić information content (AvgIpc) is 2.40. The van der Waals surface area contributed by atoms with Crippen LogP contribution in [0.1, 0.15) is 0 Å². The third kappa shape index (κ3) is 2.93. The van der Waals surface area contributed by atoms with E-state index in [4.69, 9.17) is 4.74 Å². The molecule has 2 heterocycles. The molecule has 0 aliphatic carbocycles.